The number of hydrogen-bond donors (Lipinski definition) is 3. The summed E-state index contributed by atoms with van der Waals surface area (Å²) >= 11 is 0. The summed E-state index contributed by atoms with van der Waals surface area (Å²) in [6.45, 7) is 4.95. The van der Waals surface area contributed by atoms with Gasteiger partial charge < -0.3 is 20.3 Å². The van der Waals surface area contributed by atoms with Gasteiger partial charge in [0.25, 0.3) is 0 Å². The highest BCUT2D eigenvalue weighted by atomic mass is 16.5. The number of rotatable bonds is 61. The van der Waals surface area contributed by atoms with Crippen molar-refractivity contribution in [2.75, 3.05) is 13.2 Å². The number of unbranched alkanes of at least 4 members (excludes halogenated alkanes) is 46. The van der Waals surface area contributed by atoms with E-state index in [-0.39, 0.29) is 18.5 Å². The van der Waals surface area contributed by atoms with Gasteiger partial charge in [-0.3, -0.25) is 9.59 Å². The number of carbonyl (C=O) groups is 2. The van der Waals surface area contributed by atoms with Crippen LogP contribution in [0.25, 0.3) is 0 Å². The first-order valence-corrected chi connectivity index (χ1v) is 32.6. The van der Waals surface area contributed by atoms with Crippen molar-refractivity contribution in [2.45, 2.75) is 373 Å². The van der Waals surface area contributed by atoms with Crippen LogP contribution in [-0.2, 0) is 14.3 Å². The Morgan fingerprint density at radius 1 is 0.375 bits per heavy atom. The predicted molar refractivity (Wildman–Crippen MR) is 315 cm³/mol. The van der Waals surface area contributed by atoms with Gasteiger partial charge in [0, 0.05) is 12.8 Å². The predicted octanol–water partition coefficient (Wildman–Crippen LogP) is 20.6. The third kappa shape index (κ3) is 57.6. The molecule has 0 aromatic rings. The topological polar surface area (TPSA) is 95.9 Å². The molecule has 0 aromatic carbocycles. The van der Waals surface area contributed by atoms with E-state index in [0.29, 0.717) is 25.9 Å². The van der Waals surface area contributed by atoms with Crippen molar-refractivity contribution in [1.29, 1.82) is 0 Å². The van der Waals surface area contributed by atoms with E-state index in [2.05, 4.69) is 43.5 Å². The van der Waals surface area contributed by atoms with Crippen LogP contribution in [-0.4, -0.2) is 47.4 Å². The Morgan fingerprint density at radius 2 is 0.653 bits per heavy atom. The van der Waals surface area contributed by atoms with Gasteiger partial charge in [-0.2, -0.15) is 0 Å². The second-order valence-corrected chi connectivity index (χ2v) is 22.4. The molecule has 0 rings (SSSR count). The van der Waals surface area contributed by atoms with Crippen LogP contribution < -0.4 is 5.32 Å². The van der Waals surface area contributed by atoms with Crippen LogP contribution >= 0.6 is 0 Å². The molecular weight excluding hydrogens is 887 g/mol. The van der Waals surface area contributed by atoms with Gasteiger partial charge in [0.1, 0.15) is 0 Å². The first kappa shape index (κ1) is 70.3. The van der Waals surface area contributed by atoms with Crippen LogP contribution in [0.5, 0.6) is 0 Å². The summed E-state index contributed by atoms with van der Waals surface area (Å²) in [6.07, 6.45) is 76.5. The number of aliphatic hydroxyl groups is 2. The van der Waals surface area contributed by atoms with Crippen molar-refractivity contribution < 1.29 is 24.5 Å². The number of esters is 1. The number of nitrogens with one attached hydrogen (secondary N) is 1. The highest BCUT2D eigenvalue weighted by molar-refractivity contribution is 5.76. The van der Waals surface area contributed by atoms with Crippen molar-refractivity contribution in [3.8, 4) is 0 Å². The van der Waals surface area contributed by atoms with Crippen LogP contribution in [0.2, 0.25) is 0 Å². The minimum absolute atomic E-state index is 0.00999. The lowest BCUT2D eigenvalue weighted by Crippen LogP contribution is -2.45. The molecule has 6 nitrogen and oxygen atoms in total. The van der Waals surface area contributed by atoms with Crippen molar-refractivity contribution in [2.24, 2.45) is 0 Å². The average molecular weight is 1010 g/mol. The number of ether oxygens (including phenoxy) is 1. The van der Waals surface area contributed by atoms with Gasteiger partial charge in [0.2, 0.25) is 5.91 Å². The SMILES string of the molecule is CCCCCCCCC/C=C\CCCCCCCC(=O)OCCCCCCCCCCCCCC/C=C\CCCCCCCCCCCCCCCCC(=O)NC(CO)C(O)CCCCCCCCCCC. The van der Waals surface area contributed by atoms with Crippen molar-refractivity contribution >= 4 is 11.9 Å². The molecule has 0 aliphatic rings. The summed E-state index contributed by atoms with van der Waals surface area (Å²) in [4.78, 5) is 24.5. The molecule has 0 aromatic heterocycles. The molecule has 426 valence electrons. The minimum Gasteiger partial charge on any atom is -0.466 e. The van der Waals surface area contributed by atoms with E-state index in [1.54, 1.807) is 0 Å². The molecule has 72 heavy (non-hydrogen) atoms. The molecule has 0 fully saturated rings. The maximum atomic E-state index is 12.4. The van der Waals surface area contributed by atoms with Crippen LogP contribution in [0.1, 0.15) is 361 Å². The Balaban J connectivity index is 3.33. The standard InChI is InChI=1S/C66H127NO5/c1-3-5-7-9-11-13-14-15-16-34-37-40-44-48-52-56-60-66(71)72-61-57-53-49-45-41-38-35-32-30-28-26-24-22-20-18-17-19-21-23-25-27-29-31-33-36-39-43-47-51-55-59-65(70)67-63(62-68)64(69)58-54-50-46-42-12-10-8-6-4-2/h16,18,20,34,63-64,68-69H,3-15,17,19,21-33,35-62H2,1-2H3,(H,67,70)/b20-18-,34-16-. The Hall–Kier alpha value is -1.66. The number of aliphatic hydroxyl groups excluding tert-OH is 2. The van der Waals surface area contributed by atoms with Crippen molar-refractivity contribution in [3.05, 3.63) is 24.3 Å². The zero-order valence-corrected chi connectivity index (χ0v) is 48.7. The van der Waals surface area contributed by atoms with Gasteiger partial charge in [-0.05, 0) is 77.0 Å². The Labute approximate surface area is 450 Å². The second-order valence-electron chi connectivity index (χ2n) is 22.4. The Bertz CT molecular complexity index is 1120. The summed E-state index contributed by atoms with van der Waals surface area (Å²) in [6, 6.07) is -0.538. The molecule has 3 N–H and O–H groups in total. The first-order chi connectivity index (χ1) is 35.5. The molecule has 2 atom stereocenters. The van der Waals surface area contributed by atoms with Gasteiger partial charge in [0.15, 0.2) is 0 Å². The molecule has 0 radical (unpaired) electrons. The fraction of sp³-hybridized carbons (Fsp3) is 0.909. The van der Waals surface area contributed by atoms with Gasteiger partial charge in [0.05, 0.1) is 25.4 Å². The smallest absolute Gasteiger partial charge is 0.305 e. The summed E-state index contributed by atoms with van der Waals surface area (Å²) in [5.74, 6) is -0.0247. The third-order valence-electron chi connectivity index (χ3n) is 15.2. The largest absolute Gasteiger partial charge is 0.466 e. The van der Waals surface area contributed by atoms with E-state index < -0.39 is 12.1 Å². The number of allylic oxidation sites excluding steroid dienone is 4. The van der Waals surface area contributed by atoms with Gasteiger partial charge in [-0.25, -0.2) is 0 Å². The lowest BCUT2D eigenvalue weighted by atomic mass is 10.0. The molecule has 0 saturated heterocycles. The van der Waals surface area contributed by atoms with Crippen LogP contribution in [0.4, 0.5) is 0 Å². The van der Waals surface area contributed by atoms with Gasteiger partial charge in [-0.15, -0.1) is 0 Å². The maximum Gasteiger partial charge on any atom is 0.305 e. The zero-order chi connectivity index (χ0) is 52.2. The fourth-order valence-corrected chi connectivity index (χ4v) is 10.2. The molecular formula is C66H127NO5. The Morgan fingerprint density at radius 3 is 0.986 bits per heavy atom. The van der Waals surface area contributed by atoms with Crippen LogP contribution in [0.15, 0.2) is 24.3 Å². The molecule has 1 amide bonds. The van der Waals surface area contributed by atoms with Crippen LogP contribution in [0.3, 0.4) is 0 Å². The van der Waals surface area contributed by atoms with Gasteiger partial charge in [-0.1, -0.05) is 295 Å². The highest BCUT2D eigenvalue weighted by Gasteiger charge is 2.20. The maximum absolute atomic E-state index is 12.4. The Kier molecular flexibility index (Phi) is 60.5. The number of carbonyl (C=O) groups excluding carboxylic acids is 2. The van der Waals surface area contributed by atoms with Crippen molar-refractivity contribution in [1.82, 2.24) is 5.32 Å². The summed E-state index contributed by atoms with van der Waals surface area (Å²) < 4.78 is 5.49. The minimum atomic E-state index is -0.660. The molecule has 0 heterocycles. The van der Waals surface area contributed by atoms with E-state index in [9.17, 15) is 19.8 Å². The normalized spacial score (nSPS) is 12.7. The average Bonchev–Trinajstić information content (AvgIpc) is 3.38. The quantitative estimate of drug-likeness (QED) is 0.0320. The first-order valence-electron chi connectivity index (χ1n) is 32.6. The fourth-order valence-electron chi connectivity index (χ4n) is 10.2. The summed E-state index contributed by atoms with van der Waals surface area (Å²) in [5, 5.41) is 23.1. The summed E-state index contributed by atoms with van der Waals surface area (Å²) in [5.41, 5.74) is 0. The van der Waals surface area contributed by atoms with E-state index in [1.807, 2.05) is 0 Å². The molecule has 0 bridgehead atoms. The number of hydrogen-bond acceptors (Lipinski definition) is 5. The summed E-state index contributed by atoms with van der Waals surface area (Å²) in [7, 11) is 0. The van der Waals surface area contributed by atoms with E-state index in [1.165, 1.54) is 283 Å². The molecule has 0 spiro atoms. The molecule has 0 aliphatic carbocycles. The molecule has 6 heteroatoms. The van der Waals surface area contributed by atoms with E-state index in [4.69, 9.17) is 4.74 Å². The lowest BCUT2D eigenvalue weighted by molar-refractivity contribution is -0.143. The van der Waals surface area contributed by atoms with Crippen LogP contribution in [0, 0.1) is 0 Å². The molecule has 0 saturated carbocycles. The molecule has 0 aliphatic heterocycles. The monoisotopic (exact) mass is 1010 g/mol. The highest BCUT2D eigenvalue weighted by Crippen LogP contribution is 2.18. The molecule has 2 unspecified atom stereocenters. The van der Waals surface area contributed by atoms with E-state index >= 15 is 0 Å². The zero-order valence-electron chi connectivity index (χ0n) is 48.7. The lowest BCUT2D eigenvalue weighted by Gasteiger charge is -2.22. The van der Waals surface area contributed by atoms with E-state index in [0.717, 1.165) is 44.9 Å². The number of amides is 1. The third-order valence-corrected chi connectivity index (χ3v) is 15.2. The van der Waals surface area contributed by atoms with Gasteiger partial charge >= 0.3 is 5.97 Å². The van der Waals surface area contributed by atoms with Crippen molar-refractivity contribution in [3.63, 3.8) is 0 Å². The second kappa shape index (κ2) is 61.9.